The maximum atomic E-state index is 12.0. The number of ether oxygens (including phenoxy) is 1. The van der Waals surface area contributed by atoms with Crippen molar-refractivity contribution in [2.24, 2.45) is 0 Å². The summed E-state index contributed by atoms with van der Waals surface area (Å²) in [7, 11) is 1.35. The van der Waals surface area contributed by atoms with Gasteiger partial charge < -0.3 is 10.1 Å². The standard InChI is InChI=1S/C19H17N3O2/c1-24-18(23)16-13-21-19(20-12-14-8-4-2-5-9-14)22-17(16)15-10-6-3-7-11-15/h2-11,13H,12H2,1H3,(H,20,21,22). The SMILES string of the molecule is COC(=O)c1cnc(NCc2ccccc2)nc1-c1ccccc1. The zero-order valence-electron chi connectivity index (χ0n) is 13.3. The van der Waals surface area contributed by atoms with Crippen LogP contribution in [0.1, 0.15) is 15.9 Å². The number of aromatic nitrogens is 2. The van der Waals surface area contributed by atoms with Crippen molar-refractivity contribution in [2.75, 3.05) is 12.4 Å². The molecule has 0 fully saturated rings. The smallest absolute Gasteiger partial charge is 0.341 e. The number of methoxy groups -OCH3 is 1. The summed E-state index contributed by atoms with van der Waals surface area (Å²) in [6, 6.07) is 19.5. The van der Waals surface area contributed by atoms with Crippen LogP contribution in [0.3, 0.4) is 0 Å². The largest absolute Gasteiger partial charge is 0.465 e. The molecule has 3 aromatic rings. The van der Waals surface area contributed by atoms with Crippen molar-refractivity contribution in [3.05, 3.63) is 78.0 Å². The van der Waals surface area contributed by atoms with Gasteiger partial charge in [0.15, 0.2) is 0 Å². The van der Waals surface area contributed by atoms with Crippen LogP contribution in [0.5, 0.6) is 0 Å². The van der Waals surface area contributed by atoms with Crippen molar-refractivity contribution in [3.63, 3.8) is 0 Å². The Kier molecular flexibility index (Phi) is 4.81. The Hall–Kier alpha value is -3.21. The number of nitrogens with zero attached hydrogens (tertiary/aromatic N) is 2. The maximum absolute atomic E-state index is 12.0. The Labute approximate surface area is 140 Å². The van der Waals surface area contributed by atoms with Crippen molar-refractivity contribution < 1.29 is 9.53 Å². The molecule has 5 nitrogen and oxygen atoms in total. The molecule has 0 saturated carbocycles. The average Bonchev–Trinajstić information content (AvgIpc) is 2.67. The molecule has 5 heteroatoms. The maximum Gasteiger partial charge on any atom is 0.341 e. The lowest BCUT2D eigenvalue weighted by atomic mass is 10.1. The summed E-state index contributed by atoms with van der Waals surface area (Å²) < 4.78 is 4.83. The summed E-state index contributed by atoms with van der Waals surface area (Å²) in [5.41, 5.74) is 2.85. The zero-order valence-corrected chi connectivity index (χ0v) is 13.3. The molecule has 0 bridgehead atoms. The van der Waals surface area contributed by atoms with Gasteiger partial charge in [-0.25, -0.2) is 14.8 Å². The first kappa shape index (κ1) is 15.7. The lowest BCUT2D eigenvalue weighted by Crippen LogP contribution is -2.10. The number of benzene rings is 2. The summed E-state index contributed by atoms with van der Waals surface area (Å²) in [4.78, 5) is 20.7. The van der Waals surface area contributed by atoms with Crippen molar-refractivity contribution in [1.82, 2.24) is 9.97 Å². The highest BCUT2D eigenvalue weighted by atomic mass is 16.5. The van der Waals surface area contributed by atoms with E-state index in [-0.39, 0.29) is 0 Å². The second-order valence-electron chi connectivity index (χ2n) is 5.15. The van der Waals surface area contributed by atoms with Gasteiger partial charge in [-0.05, 0) is 5.56 Å². The van der Waals surface area contributed by atoms with E-state index in [4.69, 9.17) is 4.74 Å². The molecule has 0 saturated heterocycles. The molecule has 0 aliphatic rings. The number of carbonyl (C=O) groups is 1. The Morgan fingerprint density at radius 1 is 1.04 bits per heavy atom. The van der Waals surface area contributed by atoms with E-state index >= 15 is 0 Å². The number of hydrogen-bond acceptors (Lipinski definition) is 5. The molecule has 0 aliphatic carbocycles. The van der Waals surface area contributed by atoms with E-state index < -0.39 is 5.97 Å². The normalized spacial score (nSPS) is 10.2. The van der Waals surface area contributed by atoms with Crippen LogP contribution in [0.25, 0.3) is 11.3 Å². The zero-order chi connectivity index (χ0) is 16.8. The molecule has 3 rings (SSSR count). The Bertz CT molecular complexity index is 821. The number of esters is 1. The van der Waals surface area contributed by atoms with Gasteiger partial charge in [-0.2, -0.15) is 0 Å². The van der Waals surface area contributed by atoms with Gasteiger partial charge in [-0.15, -0.1) is 0 Å². The van der Waals surface area contributed by atoms with E-state index in [0.717, 1.165) is 11.1 Å². The van der Waals surface area contributed by atoms with Gasteiger partial charge in [0, 0.05) is 18.3 Å². The van der Waals surface area contributed by atoms with E-state index in [1.54, 1.807) is 0 Å². The van der Waals surface area contributed by atoms with Crippen LogP contribution in [-0.2, 0) is 11.3 Å². The minimum atomic E-state index is -0.455. The second kappa shape index (κ2) is 7.37. The Morgan fingerprint density at radius 2 is 1.71 bits per heavy atom. The van der Waals surface area contributed by atoms with Crippen LogP contribution in [0.4, 0.5) is 5.95 Å². The fraction of sp³-hybridized carbons (Fsp3) is 0.105. The number of hydrogen-bond donors (Lipinski definition) is 1. The predicted octanol–water partition coefficient (Wildman–Crippen LogP) is 3.54. The third-order valence-electron chi connectivity index (χ3n) is 3.53. The summed E-state index contributed by atoms with van der Waals surface area (Å²) in [6.07, 6.45) is 1.49. The number of nitrogens with one attached hydrogen (secondary N) is 1. The minimum Gasteiger partial charge on any atom is -0.465 e. The Morgan fingerprint density at radius 3 is 2.38 bits per heavy atom. The van der Waals surface area contributed by atoms with Gasteiger partial charge >= 0.3 is 5.97 Å². The first-order valence-electron chi connectivity index (χ1n) is 7.56. The topological polar surface area (TPSA) is 64.1 Å². The summed E-state index contributed by atoms with van der Waals surface area (Å²) in [5, 5.41) is 3.18. The molecule has 1 N–H and O–H groups in total. The van der Waals surface area contributed by atoms with E-state index in [9.17, 15) is 4.79 Å². The number of carbonyl (C=O) groups excluding carboxylic acids is 1. The highest BCUT2D eigenvalue weighted by Crippen LogP contribution is 2.23. The highest BCUT2D eigenvalue weighted by molar-refractivity contribution is 5.95. The average molecular weight is 319 g/mol. The lowest BCUT2D eigenvalue weighted by molar-refractivity contribution is 0.0601. The van der Waals surface area contributed by atoms with Crippen LogP contribution >= 0.6 is 0 Å². The summed E-state index contributed by atoms with van der Waals surface area (Å²) in [5.74, 6) is 0.00817. The molecule has 24 heavy (non-hydrogen) atoms. The first-order valence-corrected chi connectivity index (χ1v) is 7.56. The van der Waals surface area contributed by atoms with Crippen LogP contribution in [0, 0.1) is 0 Å². The molecule has 1 aromatic heterocycles. The van der Waals surface area contributed by atoms with E-state index in [2.05, 4.69) is 15.3 Å². The van der Waals surface area contributed by atoms with E-state index in [0.29, 0.717) is 23.8 Å². The van der Waals surface area contributed by atoms with Crippen molar-refractivity contribution in [2.45, 2.75) is 6.54 Å². The van der Waals surface area contributed by atoms with Gasteiger partial charge in [0.05, 0.1) is 12.8 Å². The fourth-order valence-electron chi connectivity index (χ4n) is 2.32. The van der Waals surface area contributed by atoms with Crippen LogP contribution in [0.15, 0.2) is 66.9 Å². The molecule has 0 radical (unpaired) electrons. The van der Waals surface area contributed by atoms with Gasteiger partial charge in [0.25, 0.3) is 0 Å². The molecule has 0 unspecified atom stereocenters. The molecule has 0 amide bonds. The molecule has 1 heterocycles. The van der Waals surface area contributed by atoms with E-state index in [1.165, 1.54) is 13.3 Å². The molecule has 2 aromatic carbocycles. The highest BCUT2D eigenvalue weighted by Gasteiger charge is 2.16. The lowest BCUT2D eigenvalue weighted by Gasteiger charge is -2.10. The quantitative estimate of drug-likeness (QED) is 0.729. The van der Waals surface area contributed by atoms with Gasteiger partial charge in [-0.3, -0.25) is 0 Å². The van der Waals surface area contributed by atoms with Crippen molar-refractivity contribution in [3.8, 4) is 11.3 Å². The van der Waals surface area contributed by atoms with Gasteiger partial charge in [0.1, 0.15) is 5.56 Å². The van der Waals surface area contributed by atoms with Crippen LogP contribution in [-0.4, -0.2) is 23.0 Å². The molecule has 0 atom stereocenters. The molecule has 0 spiro atoms. The minimum absolute atomic E-state index is 0.342. The molecular formula is C19H17N3O2. The third-order valence-corrected chi connectivity index (χ3v) is 3.53. The number of rotatable bonds is 5. The monoisotopic (exact) mass is 319 g/mol. The van der Waals surface area contributed by atoms with E-state index in [1.807, 2.05) is 60.7 Å². The van der Waals surface area contributed by atoms with Gasteiger partial charge in [-0.1, -0.05) is 60.7 Å². The summed E-state index contributed by atoms with van der Waals surface area (Å²) in [6.45, 7) is 0.604. The molecule has 0 aliphatic heterocycles. The van der Waals surface area contributed by atoms with Crippen molar-refractivity contribution >= 4 is 11.9 Å². The number of anilines is 1. The predicted molar refractivity (Wildman–Crippen MR) is 92.6 cm³/mol. The fourth-order valence-corrected chi connectivity index (χ4v) is 2.32. The molecular weight excluding hydrogens is 302 g/mol. The summed E-state index contributed by atoms with van der Waals surface area (Å²) >= 11 is 0. The van der Waals surface area contributed by atoms with Crippen LogP contribution in [0.2, 0.25) is 0 Å². The van der Waals surface area contributed by atoms with Gasteiger partial charge in [0.2, 0.25) is 5.95 Å². The Balaban J connectivity index is 1.91. The van der Waals surface area contributed by atoms with Crippen molar-refractivity contribution in [1.29, 1.82) is 0 Å². The third kappa shape index (κ3) is 3.57. The first-order chi connectivity index (χ1) is 11.8. The van der Waals surface area contributed by atoms with Crippen LogP contribution < -0.4 is 5.32 Å². The molecule has 120 valence electrons. The second-order valence-corrected chi connectivity index (χ2v) is 5.15.